The van der Waals surface area contributed by atoms with Crippen LogP contribution in [-0.2, 0) is 25.7 Å². The highest BCUT2D eigenvalue weighted by atomic mass is 32.2. The van der Waals surface area contributed by atoms with Gasteiger partial charge in [-0.2, -0.15) is 21.6 Å². The Bertz CT molecular complexity index is 971. The molecular formula is C14H12F3NO5S2. The van der Waals surface area contributed by atoms with Crippen LogP contribution in [0.5, 0.6) is 5.75 Å². The first-order valence-corrected chi connectivity index (χ1v) is 9.73. The van der Waals surface area contributed by atoms with Gasteiger partial charge >= 0.3 is 15.6 Å². The fourth-order valence-electron chi connectivity index (χ4n) is 1.83. The first-order valence-electron chi connectivity index (χ1n) is 6.67. The number of benzene rings is 1. The van der Waals surface area contributed by atoms with E-state index in [1.54, 1.807) is 6.07 Å². The van der Waals surface area contributed by atoms with Crippen LogP contribution >= 0.6 is 0 Å². The van der Waals surface area contributed by atoms with Gasteiger partial charge in [0.1, 0.15) is 5.75 Å². The molecule has 0 atom stereocenters. The highest BCUT2D eigenvalue weighted by Crippen LogP contribution is 2.30. The molecule has 1 heterocycles. The summed E-state index contributed by atoms with van der Waals surface area (Å²) in [6.07, 6.45) is 0. The van der Waals surface area contributed by atoms with E-state index in [9.17, 15) is 30.0 Å². The molecule has 25 heavy (non-hydrogen) atoms. The molecule has 0 aliphatic carbocycles. The summed E-state index contributed by atoms with van der Waals surface area (Å²) in [5.41, 5.74) is -5.79. The number of hydrogen-bond donors (Lipinski definition) is 0. The van der Waals surface area contributed by atoms with Gasteiger partial charge in [-0.05, 0) is 31.2 Å². The van der Waals surface area contributed by atoms with E-state index in [1.165, 1.54) is 37.3 Å². The van der Waals surface area contributed by atoms with Gasteiger partial charge in [-0.25, -0.2) is 8.42 Å². The van der Waals surface area contributed by atoms with E-state index < -0.39 is 42.7 Å². The van der Waals surface area contributed by atoms with E-state index in [0.717, 1.165) is 6.07 Å². The number of pyridine rings is 1. The third-order valence-corrected chi connectivity index (χ3v) is 5.59. The second kappa shape index (κ2) is 6.64. The molecule has 0 fully saturated rings. The molecule has 0 aliphatic rings. The Morgan fingerprint density at radius 1 is 1.00 bits per heavy atom. The normalized spacial score (nSPS) is 12.8. The average Bonchev–Trinajstić information content (AvgIpc) is 2.49. The van der Waals surface area contributed by atoms with Crippen molar-refractivity contribution in [2.75, 3.05) is 0 Å². The van der Waals surface area contributed by atoms with Gasteiger partial charge in [0.2, 0.25) is 0 Å². The van der Waals surface area contributed by atoms with Crippen LogP contribution in [0.25, 0.3) is 0 Å². The van der Waals surface area contributed by atoms with E-state index in [2.05, 4.69) is 9.17 Å². The number of aryl methyl sites for hydroxylation is 1. The topological polar surface area (TPSA) is 90.4 Å². The summed E-state index contributed by atoms with van der Waals surface area (Å²) in [4.78, 5) is 3.73. The lowest BCUT2D eigenvalue weighted by Gasteiger charge is -2.13. The van der Waals surface area contributed by atoms with Gasteiger partial charge < -0.3 is 4.18 Å². The molecule has 2 aromatic rings. The Morgan fingerprint density at radius 3 is 2.16 bits per heavy atom. The third-order valence-electron chi connectivity index (χ3n) is 2.98. The van der Waals surface area contributed by atoms with Crippen molar-refractivity contribution in [3.05, 3.63) is 53.9 Å². The molecule has 0 spiro atoms. The fourth-order valence-corrected chi connectivity index (χ4v) is 3.62. The average molecular weight is 395 g/mol. The number of alkyl halides is 3. The second-order valence-electron chi connectivity index (χ2n) is 4.95. The van der Waals surface area contributed by atoms with E-state index in [4.69, 9.17) is 0 Å². The van der Waals surface area contributed by atoms with E-state index in [0.29, 0.717) is 0 Å². The standard InChI is InChI=1S/C14H12F3NO5S2/c1-10-7-8-13(23-25(21,22)14(15,16)17)12(18-10)9-24(19,20)11-5-3-2-4-6-11/h2-8H,9H2,1H3. The number of nitrogens with zero attached hydrogens (tertiary/aromatic N) is 1. The zero-order valence-corrected chi connectivity index (χ0v) is 14.3. The largest absolute Gasteiger partial charge is 0.534 e. The molecule has 2 rings (SSSR count). The minimum atomic E-state index is -5.94. The van der Waals surface area contributed by atoms with Crippen molar-refractivity contribution in [1.29, 1.82) is 0 Å². The quantitative estimate of drug-likeness (QED) is 0.571. The van der Waals surface area contributed by atoms with Gasteiger partial charge in [-0.15, -0.1) is 0 Å². The first kappa shape index (κ1) is 19.2. The molecule has 0 aliphatic heterocycles. The summed E-state index contributed by atoms with van der Waals surface area (Å²) in [5, 5.41) is 0. The van der Waals surface area contributed by atoms with Gasteiger partial charge in [-0.1, -0.05) is 18.2 Å². The molecule has 0 bridgehead atoms. The summed E-state index contributed by atoms with van der Waals surface area (Å²) >= 11 is 0. The van der Waals surface area contributed by atoms with Crippen molar-refractivity contribution in [1.82, 2.24) is 4.98 Å². The molecule has 0 radical (unpaired) electrons. The maximum Gasteiger partial charge on any atom is 0.534 e. The lowest BCUT2D eigenvalue weighted by molar-refractivity contribution is -0.0500. The van der Waals surface area contributed by atoms with E-state index in [-0.39, 0.29) is 10.6 Å². The second-order valence-corrected chi connectivity index (χ2v) is 8.48. The number of aromatic nitrogens is 1. The maximum atomic E-state index is 12.5. The fraction of sp³-hybridized carbons (Fsp3) is 0.214. The van der Waals surface area contributed by atoms with Crippen molar-refractivity contribution in [2.24, 2.45) is 0 Å². The molecule has 6 nitrogen and oxygen atoms in total. The zero-order valence-electron chi connectivity index (χ0n) is 12.7. The molecule has 1 aromatic carbocycles. The predicted molar refractivity (Wildman–Crippen MR) is 81.9 cm³/mol. The van der Waals surface area contributed by atoms with Gasteiger partial charge in [0.15, 0.2) is 15.6 Å². The Morgan fingerprint density at radius 2 is 1.60 bits per heavy atom. The van der Waals surface area contributed by atoms with E-state index in [1.807, 2.05) is 0 Å². The van der Waals surface area contributed by atoms with Gasteiger partial charge in [0.05, 0.1) is 10.6 Å². The number of hydrogen-bond acceptors (Lipinski definition) is 6. The minimum Gasteiger partial charge on any atom is -0.374 e. The lowest BCUT2D eigenvalue weighted by atomic mass is 10.3. The van der Waals surface area contributed by atoms with Gasteiger partial charge in [0, 0.05) is 5.69 Å². The summed E-state index contributed by atoms with van der Waals surface area (Å²) in [5.74, 6) is -1.61. The molecule has 136 valence electrons. The van der Waals surface area contributed by atoms with Crippen LogP contribution in [0.3, 0.4) is 0 Å². The van der Waals surface area contributed by atoms with E-state index >= 15 is 0 Å². The summed E-state index contributed by atoms with van der Waals surface area (Å²) < 4.78 is 88.6. The minimum absolute atomic E-state index is 0.0806. The zero-order chi connectivity index (χ0) is 18.9. The molecule has 11 heteroatoms. The molecule has 0 amide bonds. The Hall–Kier alpha value is -2.14. The van der Waals surface area contributed by atoms with Crippen LogP contribution in [0.15, 0.2) is 47.4 Å². The maximum absolute atomic E-state index is 12.5. The SMILES string of the molecule is Cc1ccc(OS(=O)(=O)C(F)(F)F)c(CS(=O)(=O)c2ccccc2)n1. The summed E-state index contributed by atoms with van der Waals surface area (Å²) in [6, 6.07) is 9.29. The number of rotatable bonds is 5. The molecule has 0 unspecified atom stereocenters. The van der Waals surface area contributed by atoms with Gasteiger partial charge in [0.25, 0.3) is 0 Å². The van der Waals surface area contributed by atoms with Crippen molar-refractivity contribution in [3.8, 4) is 5.75 Å². The van der Waals surface area contributed by atoms with Crippen molar-refractivity contribution >= 4 is 20.0 Å². The van der Waals surface area contributed by atoms with Crippen LogP contribution in [0.2, 0.25) is 0 Å². The molecule has 0 N–H and O–H groups in total. The molecule has 1 aromatic heterocycles. The number of sulfone groups is 1. The molecular weight excluding hydrogens is 383 g/mol. The molecule has 0 saturated carbocycles. The highest BCUT2D eigenvalue weighted by molar-refractivity contribution is 7.90. The monoisotopic (exact) mass is 395 g/mol. The van der Waals surface area contributed by atoms with Crippen LogP contribution < -0.4 is 4.18 Å². The van der Waals surface area contributed by atoms with Crippen LogP contribution in [0.4, 0.5) is 13.2 Å². The van der Waals surface area contributed by atoms with Crippen LogP contribution in [0.1, 0.15) is 11.4 Å². The highest BCUT2D eigenvalue weighted by Gasteiger charge is 2.49. The smallest absolute Gasteiger partial charge is 0.374 e. The van der Waals surface area contributed by atoms with Crippen LogP contribution in [-0.4, -0.2) is 27.3 Å². The number of halogens is 3. The Labute approximate surface area is 142 Å². The predicted octanol–water partition coefficient (Wildman–Crippen LogP) is 2.59. The first-order chi connectivity index (χ1) is 11.4. The lowest BCUT2D eigenvalue weighted by Crippen LogP contribution is -2.28. The third kappa shape index (κ3) is 4.48. The van der Waals surface area contributed by atoms with Crippen molar-refractivity contribution in [2.45, 2.75) is 23.1 Å². The Kier molecular flexibility index (Phi) is 5.09. The van der Waals surface area contributed by atoms with Crippen LogP contribution in [0, 0.1) is 6.92 Å². The Balaban J connectivity index is 2.44. The summed E-state index contributed by atoms with van der Waals surface area (Å²) in [6.45, 7) is 1.47. The summed E-state index contributed by atoms with van der Waals surface area (Å²) in [7, 11) is -9.90. The van der Waals surface area contributed by atoms with Crippen molar-refractivity contribution < 1.29 is 34.2 Å². The van der Waals surface area contributed by atoms with Crippen molar-refractivity contribution in [3.63, 3.8) is 0 Å². The molecule has 0 saturated heterocycles. The van der Waals surface area contributed by atoms with Gasteiger partial charge in [-0.3, -0.25) is 4.98 Å².